The molecule has 0 bridgehead atoms. The minimum absolute atomic E-state index is 0.507. The van der Waals surface area contributed by atoms with Crippen molar-refractivity contribution in [2.24, 2.45) is 0 Å². The molecule has 1 atom stereocenters. The van der Waals surface area contributed by atoms with Crippen molar-refractivity contribution in [1.82, 2.24) is 0 Å². The topological polar surface area (TPSA) is 12.0 Å². The molecule has 2 aromatic rings. The molecule has 2 aromatic carbocycles. The van der Waals surface area contributed by atoms with Crippen molar-refractivity contribution in [2.45, 2.75) is 79.1 Å². The second kappa shape index (κ2) is 12.1. The van der Waals surface area contributed by atoms with Crippen LogP contribution in [0, 0.1) is 0 Å². The van der Waals surface area contributed by atoms with E-state index in [-0.39, 0.29) is 0 Å². The molecule has 144 valence electrons. The van der Waals surface area contributed by atoms with Gasteiger partial charge < -0.3 is 5.32 Å². The molecule has 2 rings (SSSR count). The summed E-state index contributed by atoms with van der Waals surface area (Å²) in [6, 6.07) is 15.0. The summed E-state index contributed by atoms with van der Waals surface area (Å²) in [7, 11) is 2.80. The van der Waals surface area contributed by atoms with Gasteiger partial charge in [-0.05, 0) is 34.3 Å². The summed E-state index contributed by atoms with van der Waals surface area (Å²) in [5.41, 5.74) is 5.19. The van der Waals surface area contributed by atoms with Crippen LogP contribution in [0.5, 0.6) is 0 Å². The van der Waals surface area contributed by atoms with Crippen LogP contribution in [0.4, 0.5) is 11.4 Å². The van der Waals surface area contributed by atoms with E-state index in [9.17, 15) is 0 Å². The highest BCUT2D eigenvalue weighted by molar-refractivity contribution is 7.28. The summed E-state index contributed by atoms with van der Waals surface area (Å²) in [6.07, 6.45) is 5.54. The molecule has 0 saturated carbocycles. The number of anilines is 2. The third kappa shape index (κ3) is 7.12. The third-order valence-corrected chi connectivity index (χ3v) is 5.05. The predicted molar refractivity (Wildman–Crippen MR) is 124 cm³/mol. The molecule has 1 N–H and O–H groups in total. The van der Waals surface area contributed by atoms with Crippen molar-refractivity contribution in [3.8, 4) is 0 Å². The zero-order valence-corrected chi connectivity index (χ0v) is 18.8. The van der Waals surface area contributed by atoms with Crippen LogP contribution in [0.2, 0.25) is 0 Å². The quantitative estimate of drug-likeness (QED) is 0.387. The number of hydrogen-bond donors (Lipinski definition) is 1. The third-order valence-electron chi connectivity index (χ3n) is 4.55. The Kier molecular flexibility index (Phi) is 10.6. The summed E-state index contributed by atoms with van der Waals surface area (Å²) < 4.78 is 0. The van der Waals surface area contributed by atoms with Crippen LogP contribution in [-0.2, 0) is 0 Å². The van der Waals surface area contributed by atoms with Crippen molar-refractivity contribution >= 4 is 25.9 Å². The SMILES string of the molecule is CC(C)c1cccc(C(C)C)c1Nc1ccccc1P.CCCCCC. The molecule has 26 heavy (non-hydrogen) atoms. The van der Waals surface area contributed by atoms with Gasteiger partial charge in [0.05, 0.1) is 0 Å². The van der Waals surface area contributed by atoms with Crippen LogP contribution in [0.15, 0.2) is 42.5 Å². The maximum absolute atomic E-state index is 3.65. The van der Waals surface area contributed by atoms with Crippen molar-refractivity contribution in [3.63, 3.8) is 0 Å². The maximum Gasteiger partial charge on any atom is 0.0457 e. The van der Waals surface area contributed by atoms with Gasteiger partial charge in [0.25, 0.3) is 0 Å². The van der Waals surface area contributed by atoms with Crippen molar-refractivity contribution < 1.29 is 0 Å². The lowest BCUT2D eigenvalue weighted by atomic mass is 9.92. The van der Waals surface area contributed by atoms with E-state index in [0.29, 0.717) is 11.8 Å². The fourth-order valence-electron chi connectivity index (χ4n) is 2.94. The first-order chi connectivity index (χ1) is 12.4. The Labute approximate surface area is 164 Å². The number of rotatable bonds is 7. The Morgan fingerprint density at radius 1 is 0.769 bits per heavy atom. The van der Waals surface area contributed by atoms with E-state index >= 15 is 0 Å². The Balaban J connectivity index is 0.000000487. The normalized spacial score (nSPS) is 10.7. The van der Waals surface area contributed by atoms with Crippen molar-refractivity contribution in [2.75, 3.05) is 5.32 Å². The van der Waals surface area contributed by atoms with Gasteiger partial charge in [-0.1, -0.05) is 104 Å². The second-order valence-electron chi connectivity index (χ2n) is 7.54. The van der Waals surface area contributed by atoms with Crippen LogP contribution in [0.3, 0.4) is 0 Å². The van der Waals surface area contributed by atoms with E-state index in [1.165, 1.54) is 47.8 Å². The first-order valence-electron chi connectivity index (χ1n) is 10.2. The number of benzene rings is 2. The molecule has 2 heteroatoms. The summed E-state index contributed by atoms with van der Waals surface area (Å²) in [4.78, 5) is 0. The molecule has 1 nitrogen and oxygen atoms in total. The molecule has 0 saturated heterocycles. The number of nitrogens with one attached hydrogen (secondary N) is 1. The lowest BCUT2D eigenvalue weighted by Gasteiger charge is -2.21. The van der Waals surface area contributed by atoms with Crippen LogP contribution in [0.25, 0.3) is 0 Å². The Morgan fingerprint density at radius 3 is 1.69 bits per heavy atom. The minimum atomic E-state index is 0.507. The monoisotopic (exact) mass is 371 g/mol. The van der Waals surface area contributed by atoms with Crippen molar-refractivity contribution in [3.05, 3.63) is 53.6 Å². The van der Waals surface area contributed by atoms with Crippen molar-refractivity contribution in [1.29, 1.82) is 0 Å². The fourth-order valence-corrected chi connectivity index (χ4v) is 3.22. The highest BCUT2D eigenvalue weighted by Gasteiger charge is 2.14. The number of para-hydroxylation sites is 2. The Hall–Kier alpha value is -1.33. The second-order valence-corrected chi connectivity index (χ2v) is 8.16. The maximum atomic E-state index is 3.65. The largest absolute Gasteiger partial charge is 0.355 e. The van der Waals surface area contributed by atoms with E-state index in [1.807, 2.05) is 0 Å². The Bertz CT molecular complexity index is 616. The molecular weight excluding hydrogens is 333 g/mol. The van der Waals surface area contributed by atoms with Gasteiger partial charge in [-0.15, -0.1) is 9.24 Å². The van der Waals surface area contributed by atoms with E-state index in [4.69, 9.17) is 0 Å². The van der Waals surface area contributed by atoms with E-state index < -0.39 is 0 Å². The van der Waals surface area contributed by atoms with Crippen LogP contribution < -0.4 is 10.6 Å². The van der Waals surface area contributed by atoms with Crippen LogP contribution in [-0.4, -0.2) is 0 Å². The molecule has 0 aliphatic carbocycles. The lowest BCUT2D eigenvalue weighted by molar-refractivity contribution is 0.702. The molecule has 0 spiro atoms. The van der Waals surface area contributed by atoms with Gasteiger partial charge in [0.1, 0.15) is 0 Å². The zero-order chi connectivity index (χ0) is 19.5. The standard InChI is InChI=1S/C18H24NP.C6H14/c1-12(2)14-8-7-9-15(13(3)4)18(14)19-16-10-5-6-11-17(16)20;1-3-5-6-4-2/h5-13,19H,20H2,1-4H3;3-6H2,1-2H3. The smallest absolute Gasteiger partial charge is 0.0457 e. The zero-order valence-electron chi connectivity index (χ0n) is 17.6. The van der Waals surface area contributed by atoms with Gasteiger partial charge in [-0.2, -0.15) is 0 Å². The molecule has 0 fully saturated rings. The average Bonchev–Trinajstić information content (AvgIpc) is 2.62. The van der Waals surface area contributed by atoms with Gasteiger partial charge in [-0.3, -0.25) is 0 Å². The van der Waals surface area contributed by atoms with Crippen LogP contribution in [0.1, 0.15) is 90.2 Å². The van der Waals surface area contributed by atoms with E-state index in [0.717, 1.165) is 5.69 Å². The summed E-state index contributed by atoms with van der Waals surface area (Å²) in [6.45, 7) is 13.5. The molecule has 0 heterocycles. The predicted octanol–water partition coefficient (Wildman–Crippen LogP) is 7.76. The summed E-state index contributed by atoms with van der Waals surface area (Å²) >= 11 is 0. The van der Waals surface area contributed by atoms with Gasteiger partial charge in [0.15, 0.2) is 0 Å². The summed E-state index contributed by atoms with van der Waals surface area (Å²) in [5, 5.41) is 4.85. The molecule has 0 aliphatic heterocycles. The van der Waals surface area contributed by atoms with E-state index in [2.05, 4.69) is 98.6 Å². The highest BCUT2D eigenvalue weighted by Crippen LogP contribution is 2.34. The van der Waals surface area contributed by atoms with Gasteiger partial charge in [0.2, 0.25) is 0 Å². The fraction of sp³-hybridized carbons (Fsp3) is 0.500. The van der Waals surface area contributed by atoms with Gasteiger partial charge in [-0.25, -0.2) is 0 Å². The number of hydrogen-bond acceptors (Lipinski definition) is 1. The minimum Gasteiger partial charge on any atom is -0.355 e. The molecule has 0 amide bonds. The molecule has 0 radical (unpaired) electrons. The van der Waals surface area contributed by atoms with E-state index in [1.54, 1.807) is 0 Å². The number of unbranched alkanes of at least 4 members (excludes halogenated alkanes) is 3. The molecule has 1 unspecified atom stereocenters. The molecule has 0 aliphatic rings. The lowest BCUT2D eigenvalue weighted by Crippen LogP contribution is -2.07. The highest BCUT2D eigenvalue weighted by atomic mass is 31.0. The van der Waals surface area contributed by atoms with Gasteiger partial charge >= 0.3 is 0 Å². The first-order valence-corrected chi connectivity index (χ1v) is 10.7. The Morgan fingerprint density at radius 2 is 1.27 bits per heavy atom. The average molecular weight is 372 g/mol. The van der Waals surface area contributed by atoms with Gasteiger partial charge in [0, 0.05) is 11.4 Å². The van der Waals surface area contributed by atoms with Crippen LogP contribution >= 0.6 is 9.24 Å². The summed E-state index contributed by atoms with van der Waals surface area (Å²) in [5.74, 6) is 1.01. The molecular formula is C24H38NP. The molecule has 0 aromatic heterocycles. The first kappa shape index (κ1) is 22.7.